The predicted molar refractivity (Wildman–Crippen MR) is 68.8 cm³/mol. The van der Waals surface area contributed by atoms with Crippen molar-refractivity contribution in [2.45, 2.75) is 38.3 Å². The Balaban J connectivity index is 1.92. The second kappa shape index (κ2) is 4.15. The van der Waals surface area contributed by atoms with Gasteiger partial charge >= 0.3 is 0 Å². The van der Waals surface area contributed by atoms with Crippen LogP contribution < -0.4 is 5.32 Å². The fourth-order valence-electron chi connectivity index (χ4n) is 2.49. The molecule has 1 aliphatic rings. The topological polar surface area (TPSA) is 24.9 Å². The van der Waals surface area contributed by atoms with Crippen LogP contribution in [0.1, 0.15) is 37.8 Å². The maximum Gasteiger partial charge on any atom is 0.0815 e. The third-order valence-corrected chi connectivity index (χ3v) is 4.18. The first kappa shape index (κ1) is 10.2. The van der Waals surface area contributed by atoms with Crippen molar-refractivity contribution in [3.8, 4) is 0 Å². The number of piperidine rings is 1. The smallest absolute Gasteiger partial charge is 0.0815 e. The molecular formula is C13H16N2S. The van der Waals surface area contributed by atoms with Crippen LogP contribution in [-0.4, -0.2) is 11.0 Å². The van der Waals surface area contributed by atoms with E-state index in [4.69, 9.17) is 0 Å². The molecule has 0 amide bonds. The zero-order valence-corrected chi connectivity index (χ0v) is 10.3. The van der Waals surface area contributed by atoms with E-state index in [0.717, 1.165) is 5.52 Å². The second-order valence-electron chi connectivity index (χ2n) is 4.63. The van der Waals surface area contributed by atoms with E-state index in [9.17, 15) is 0 Å². The maximum atomic E-state index is 4.38. The zero-order valence-electron chi connectivity index (χ0n) is 9.44. The normalized spacial score (nSPS) is 26.1. The van der Waals surface area contributed by atoms with Crippen LogP contribution in [0.25, 0.3) is 10.2 Å². The summed E-state index contributed by atoms with van der Waals surface area (Å²) in [5.74, 6) is 0. The Kier molecular flexibility index (Phi) is 2.65. The summed E-state index contributed by atoms with van der Waals surface area (Å²) in [5, 5.41) is 3.67. The second-order valence-corrected chi connectivity index (χ2v) is 5.52. The van der Waals surface area contributed by atoms with Crippen molar-refractivity contribution in [1.82, 2.24) is 10.3 Å². The van der Waals surface area contributed by atoms with Gasteiger partial charge in [-0.1, -0.05) is 12.5 Å². The first-order valence-corrected chi connectivity index (χ1v) is 6.80. The lowest BCUT2D eigenvalue weighted by Gasteiger charge is -2.29. The average molecular weight is 232 g/mol. The Hall–Kier alpha value is -0.930. The van der Waals surface area contributed by atoms with Crippen molar-refractivity contribution in [2.75, 3.05) is 0 Å². The van der Waals surface area contributed by atoms with E-state index in [1.807, 2.05) is 5.51 Å². The summed E-state index contributed by atoms with van der Waals surface area (Å²) in [5.41, 5.74) is 4.46. The molecule has 0 saturated carbocycles. The van der Waals surface area contributed by atoms with Crippen LogP contribution in [0.3, 0.4) is 0 Å². The van der Waals surface area contributed by atoms with Crippen LogP contribution in [0.2, 0.25) is 0 Å². The lowest BCUT2D eigenvalue weighted by molar-refractivity contribution is 0.341. The van der Waals surface area contributed by atoms with E-state index in [-0.39, 0.29) is 0 Å². The minimum Gasteiger partial charge on any atom is -0.307 e. The monoisotopic (exact) mass is 232 g/mol. The van der Waals surface area contributed by atoms with Crippen molar-refractivity contribution in [3.63, 3.8) is 0 Å². The highest BCUT2D eigenvalue weighted by molar-refractivity contribution is 7.16. The summed E-state index contributed by atoms with van der Waals surface area (Å²) in [6.45, 7) is 2.27. The van der Waals surface area contributed by atoms with Gasteiger partial charge in [0.2, 0.25) is 0 Å². The number of benzene rings is 1. The highest BCUT2D eigenvalue weighted by Gasteiger charge is 2.19. The molecule has 2 atom stereocenters. The minimum absolute atomic E-state index is 0.523. The highest BCUT2D eigenvalue weighted by atomic mass is 32.1. The van der Waals surface area contributed by atoms with Crippen molar-refractivity contribution >= 4 is 21.6 Å². The predicted octanol–water partition coefficient (Wildman–Crippen LogP) is 3.50. The number of rotatable bonds is 1. The molecule has 0 radical (unpaired) electrons. The lowest BCUT2D eigenvalue weighted by Crippen LogP contribution is -2.34. The number of thiazole rings is 1. The van der Waals surface area contributed by atoms with Crippen molar-refractivity contribution in [3.05, 3.63) is 29.3 Å². The van der Waals surface area contributed by atoms with E-state index in [2.05, 4.69) is 35.4 Å². The molecule has 2 heterocycles. The fourth-order valence-corrected chi connectivity index (χ4v) is 3.15. The molecule has 1 aromatic heterocycles. The van der Waals surface area contributed by atoms with Crippen molar-refractivity contribution in [1.29, 1.82) is 0 Å². The van der Waals surface area contributed by atoms with Crippen LogP contribution in [0.4, 0.5) is 0 Å². The van der Waals surface area contributed by atoms with E-state index in [1.165, 1.54) is 29.5 Å². The first-order valence-electron chi connectivity index (χ1n) is 5.92. The molecule has 2 nitrogen and oxygen atoms in total. The molecule has 0 bridgehead atoms. The van der Waals surface area contributed by atoms with Crippen LogP contribution in [0, 0.1) is 0 Å². The maximum absolute atomic E-state index is 4.38. The quantitative estimate of drug-likeness (QED) is 0.814. The van der Waals surface area contributed by atoms with Crippen molar-refractivity contribution < 1.29 is 0 Å². The SMILES string of the molecule is CC1CCCC(c2ccc3scnc3c2)N1. The summed E-state index contributed by atoms with van der Waals surface area (Å²) in [7, 11) is 0. The van der Waals surface area contributed by atoms with Gasteiger partial charge in [-0.2, -0.15) is 0 Å². The molecule has 16 heavy (non-hydrogen) atoms. The molecule has 2 aromatic rings. The molecule has 1 N–H and O–H groups in total. The number of hydrogen-bond acceptors (Lipinski definition) is 3. The Morgan fingerprint density at radius 1 is 1.38 bits per heavy atom. The Morgan fingerprint density at radius 3 is 3.19 bits per heavy atom. The Bertz CT molecular complexity index is 491. The van der Waals surface area contributed by atoms with Gasteiger partial charge in [-0.15, -0.1) is 11.3 Å². The molecule has 1 fully saturated rings. The summed E-state index contributed by atoms with van der Waals surface area (Å²) >= 11 is 1.71. The van der Waals surface area contributed by atoms with Gasteiger partial charge in [-0.25, -0.2) is 4.98 Å². The van der Waals surface area contributed by atoms with Gasteiger partial charge < -0.3 is 5.32 Å². The number of hydrogen-bond donors (Lipinski definition) is 1. The Morgan fingerprint density at radius 2 is 2.31 bits per heavy atom. The number of fused-ring (bicyclic) bond motifs is 1. The van der Waals surface area contributed by atoms with Crippen LogP contribution in [-0.2, 0) is 0 Å². The lowest BCUT2D eigenvalue weighted by atomic mass is 9.94. The molecule has 2 unspecified atom stereocenters. The molecule has 84 valence electrons. The van der Waals surface area contributed by atoms with Gasteiger partial charge in [0.1, 0.15) is 0 Å². The third-order valence-electron chi connectivity index (χ3n) is 3.37. The molecule has 0 aliphatic carbocycles. The summed E-state index contributed by atoms with van der Waals surface area (Å²) in [6.07, 6.45) is 3.88. The molecule has 3 rings (SSSR count). The average Bonchev–Trinajstić information content (AvgIpc) is 2.75. The number of nitrogens with zero attached hydrogens (tertiary/aromatic N) is 1. The fraction of sp³-hybridized carbons (Fsp3) is 0.462. The first-order chi connectivity index (χ1) is 7.83. The summed E-state index contributed by atoms with van der Waals surface area (Å²) in [6, 6.07) is 7.85. The number of aromatic nitrogens is 1. The van der Waals surface area contributed by atoms with Gasteiger partial charge in [-0.05, 0) is 37.5 Å². The van der Waals surface area contributed by atoms with Gasteiger partial charge in [0.05, 0.1) is 15.7 Å². The highest BCUT2D eigenvalue weighted by Crippen LogP contribution is 2.28. The van der Waals surface area contributed by atoms with Crippen molar-refractivity contribution in [2.24, 2.45) is 0 Å². The van der Waals surface area contributed by atoms with E-state index in [0.29, 0.717) is 12.1 Å². The molecule has 3 heteroatoms. The molecule has 1 aliphatic heterocycles. The van der Waals surface area contributed by atoms with Gasteiger partial charge in [0, 0.05) is 12.1 Å². The van der Waals surface area contributed by atoms with Crippen LogP contribution >= 0.6 is 11.3 Å². The van der Waals surface area contributed by atoms with Crippen LogP contribution in [0.5, 0.6) is 0 Å². The van der Waals surface area contributed by atoms with E-state index in [1.54, 1.807) is 11.3 Å². The minimum atomic E-state index is 0.523. The van der Waals surface area contributed by atoms with E-state index >= 15 is 0 Å². The summed E-state index contributed by atoms with van der Waals surface area (Å²) in [4.78, 5) is 4.38. The third kappa shape index (κ3) is 1.85. The molecule has 1 saturated heterocycles. The molecular weight excluding hydrogens is 216 g/mol. The zero-order chi connectivity index (χ0) is 11.0. The Labute approximate surface area is 99.7 Å². The summed E-state index contributed by atoms with van der Waals surface area (Å²) < 4.78 is 1.28. The number of nitrogens with one attached hydrogen (secondary N) is 1. The van der Waals surface area contributed by atoms with Crippen LogP contribution in [0.15, 0.2) is 23.7 Å². The van der Waals surface area contributed by atoms with Gasteiger partial charge in [0.15, 0.2) is 0 Å². The molecule has 1 aromatic carbocycles. The molecule has 0 spiro atoms. The largest absolute Gasteiger partial charge is 0.307 e. The standard InChI is InChI=1S/C13H16N2S/c1-9-3-2-4-11(15-9)10-5-6-13-12(7-10)14-8-16-13/h5-9,11,15H,2-4H2,1H3. The van der Waals surface area contributed by atoms with Gasteiger partial charge in [0.25, 0.3) is 0 Å². The van der Waals surface area contributed by atoms with Gasteiger partial charge in [-0.3, -0.25) is 0 Å². The van der Waals surface area contributed by atoms with E-state index < -0.39 is 0 Å².